The van der Waals surface area contributed by atoms with Crippen LogP contribution in [0.4, 0.5) is 4.79 Å². The molecule has 70 valence electrons. The minimum atomic E-state index is -0.302. The molecule has 0 N–H and O–H groups in total. The lowest BCUT2D eigenvalue weighted by Gasteiger charge is -2.26. The van der Waals surface area contributed by atoms with Gasteiger partial charge in [0.2, 0.25) is 0 Å². The SMILES string of the molecule is CN(C)OC(=O)N1CCOCC1. The zero-order valence-electron chi connectivity index (χ0n) is 7.45. The molecule has 1 aliphatic rings. The summed E-state index contributed by atoms with van der Waals surface area (Å²) < 4.78 is 5.09. The average Bonchev–Trinajstić information content (AvgIpc) is 2.05. The van der Waals surface area contributed by atoms with Crippen molar-refractivity contribution in [2.24, 2.45) is 0 Å². The van der Waals surface area contributed by atoms with Gasteiger partial charge < -0.3 is 14.5 Å². The topological polar surface area (TPSA) is 42.0 Å². The number of morpholine rings is 1. The van der Waals surface area contributed by atoms with Crippen molar-refractivity contribution in [2.75, 3.05) is 40.4 Å². The van der Waals surface area contributed by atoms with Crippen molar-refractivity contribution in [3.8, 4) is 0 Å². The molecule has 1 rings (SSSR count). The van der Waals surface area contributed by atoms with E-state index in [0.717, 1.165) is 0 Å². The van der Waals surface area contributed by atoms with Crippen molar-refractivity contribution in [3.63, 3.8) is 0 Å². The van der Waals surface area contributed by atoms with Crippen molar-refractivity contribution in [3.05, 3.63) is 0 Å². The average molecular weight is 174 g/mol. The Kier molecular flexibility index (Phi) is 3.31. The number of ether oxygens (including phenoxy) is 1. The first-order chi connectivity index (χ1) is 5.70. The summed E-state index contributed by atoms with van der Waals surface area (Å²) in [6, 6.07) is 0. The Balaban J connectivity index is 2.30. The van der Waals surface area contributed by atoms with Crippen LogP contribution in [-0.4, -0.2) is 56.5 Å². The predicted octanol–water partition coefficient (Wildman–Crippen LogP) is -0.0682. The van der Waals surface area contributed by atoms with Gasteiger partial charge >= 0.3 is 6.09 Å². The van der Waals surface area contributed by atoms with Gasteiger partial charge in [0.25, 0.3) is 0 Å². The van der Waals surface area contributed by atoms with Crippen LogP contribution >= 0.6 is 0 Å². The van der Waals surface area contributed by atoms with Gasteiger partial charge in [-0.05, 0) is 0 Å². The second kappa shape index (κ2) is 4.27. The zero-order valence-corrected chi connectivity index (χ0v) is 7.45. The van der Waals surface area contributed by atoms with Gasteiger partial charge in [0, 0.05) is 27.2 Å². The van der Waals surface area contributed by atoms with Gasteiger partial charge in [-0.15, -0.1) is 5.06 Å². The highest BCUT2D eigenvalue weighted by Crippen LogP contribution is 1.99. The van der Waals surface area contributed by atoms with Crippen LogP contribution < -0.4 is 0 Å². The summed E-state index contributed by atoms with van der Waals surface area (Å²) in [7, 11) is 3.36. The smallest absolute Gasteiger partial charge is 0.378 e. The highest BCUT2D eigenvalue weighted by Gasteiger charge is 2.18. The van der Waals surface area contributed by atoms with E-state index in [1.807, 2.05) is 0 Å². The lowest BCUT2D eigenvalue weighted by Crippen LogP contribution is -2.42. The monoisotopic (exact) mass is 174 g/mol. The molecule has 0 aliphatic carbocycles. The molecule has 0 bridgehead atoms. The third kappa shape index (κ3) is 2.67. The van der Waals surface area contributed by atoms with Gasteiger partial charge in [-0.2, -0.15) is 0 Å². The van der Waals surface area contributed by atoms with Gasteiger partial charge in [-0.25, -0.2) is 4.79 Å². The summed E-state index contributed by atoms with van der Waals surface area (Å²) in [6.45, 7) is 2.43. The van der Waals surface area contributed by atoms with Crippen LogP contribution in [0, 0.1) is 0 Å². The maximum Gasteiger partial charge on any atom is 0.429 e. The van der Waals surface area contributed by atoms with E-state index < -0.39 is 0 Å². The van der Waals surface area contributed by atoms with E-state index in [0.29, 0.717) is 26.3 Å². The Bertz CT molecular complexity index is 155. The molecule has 0 unspecified atom stereocenters. The molecule has 0 saturated carbocycles. The largest absolute Gasteiger partial charge is 0.429 e. The summed E-state index contributed by atoms with van der Waals surface area (Å²) >= 11 is 0. The zero-order chi connectivity index (χ0) is 8.97. The highest BCUT2D eigenvalue weighted by atomic mass is 16.7. The lowest BCUT2D eigenvalue weighted by atomic mass is 10.5. The van der Waals surface area contributed by atoms with Crippen LogP contribution in [-0.2, 0) is 9.57 Å². The first-order valence-electron chi connectivity index (χ1n) is 3.92. The fraction of sp³-hybridized carbons (Fsp3) is 0.857. The number of hydroxylamine groups is 2. The molecule has 0 radical (unpaired) electrons. The van der Waals surface area contributed by atoms with Crippen LogP contribution in [0.2, 0.25) is 0 Å². The standard InChI is InChI=1S/C7H14N2O3/c1-8(2)12-7(10)9-3-5-11-6-4-9/h3-6H2,1-2H3. The molecule has 0 aromatic rings. The van der Waals surface area contributed by atoms with E-state index >= 15 is 0 Å². The van der Waals surface area contributed by atoms with Crippen molar-refractivity contribution >= 4 is 6.09 Å². The number of rotatable bonds is 1. The van der Waals surface area contributed by atoms with Gasteiger partial charge in [0.1, 0.15) is 0 Å². The molecule has 0 atom stereocenters. The van der Waals surface area contributed by atoms with E-state index in [2.05, 4.69) is 0 Å². The predicted molar refractivity (Wildman–Crippen MR) is 42.6 cm³/mol. The summed E-state index contributed by atoms with van der Waals surface area (Å²) in [5.74, 6) is 0. The first-order valence-corrected chi connectivity index (χ1v) is 3.92. The number of amides is 1. The molecule has 5 heteroatoms. The van der Waals surface area contributed by atoms with Crippen molar-refractivity contribution in [1.29, 1.82) is 0 Å². The summed E-state index contributed by atoms with van der Waals surface area (Å²) in [5, 5.41) is 1.39. The Morgan fingerprint density at radius 1 is 1.42 bits per heavy atom. The van der Waals surface area contributed by atoms with E-state index in [1.54, 1.807) is 19.0 Å². The molecular formula is C7H14N2O3. The Labute approximate surface area is 71.8 Å². The van der Waals surface area contributed by atoms with Gasteiger partial charge in [0.05, 0.1) is 13.2 Å². The number of hydrogen-bond acceptors (Lipinski definition) is 4. The van der Waals surface area contributed by atoms with Gasteiger partial charge in [0.15, 0.2) is 0 Å². The summed E-state index contributed by atoms with van der Waals surface area (Å²) in [6.07, 6.45) is -0.302. The number of hydrogen-bond donors (Lipinski definition) is 0. The number of carbonyl (C=O) groups excluding carboxylic acids is 1. The maximum atomic E-state index is 11.2. The molecule has 1 amide bonds. The highest BCUT2D eigenvalue weighted by molar-refractivity contribution is 5.67. The minimum Gasteiger partial charge on any atom is -0.378 e. The van der Waals surface area contributed by atoms with Gasteiger partial charge in [-0.3, -0.25) is 0 Å². The van der Waals surface area contributed by atoms with Crippen LogP contribution in [0.3, 0.4) is 0 Å². The van der Waals surface area contributed by atoms with Crippen molar-refractivity contribution in [1.82, 2.24) is 9.96 Å². The molecule has 1 fully saturated rings. The van der Waals surface area contributed by atoms with E-state index in [-0.39, 0.29) is 6.09 Å². The molecule has 0 spiro atoms. The number of carbonyl (C=O) groups is 1. The third-order valence-corrected chi connectivity index (χ3v) is 1.53. The molecular weight excluding hydrogens is 160 g/mol. The Hall–Kier alpha value is -0.810. The van der Waals surface area contributed by atoms with Crippen molar-refractivity contribution in [2.45, 2.75) is 0 Å². The third-order valence-electron chi connectivity index (χ3n) is 1.53. The van der Waals surface area contributed by atoms with Gasteiger partial charge in [-0.1, -0.05) is 0 Å². The lowest BCUT2D eigenvalue weighted by molar-refractivity contribution is -0.0808. The maximum absolute atomic E-state index is 11.2. The first kappa shape index (κ1) is 9.28. The quantitative estimate of drug-likeness (QED) is 0.522. The minimum absolute atomic E-state index is 0.302. The number of nitrogens with zero attached hydrogens (tertiary/aromatic N) is 2. The Morgan fingerprint density at radius 2 is 2.00 bits per heavy atom. The van der Waals surface area contributed by atoms with Crippen molar-refractivity contribution < 1.29 is 14.4 Å². The van der Waals surface area contributed by atoms with Crippen LogP contribution in [0.25, 0.3) is 0 Å². The molecule has 5 nitrogen and oxygen atoms in total. The molecule has 1 saturated heterocycles. The summed E-state index contributed by atoms with van der Waals surface area (Å²) in [4.78, 5) is 17.7. The fourth-order valence-corrected chi connectivity index (χ4v) is 0.960. The molecule has 1 aliphatic heterocycles. The second-order valence-electron chi connectivity index (χ2n) is 2.77. The molecule has 0 aromatic carbocycles. The van der Waals surface area contributed by atoms with Crippen LogP contribution in [0.5, 0.6) is 0 Å². The molecule has 1 heterocycles. The molecule has 0 aromatic heterocycles. The fourth-order valence-electron chi connectivity index (χ4n) is 0.960. The van der Waals surface area contributed by atoms with Crippen LogP contribution in [0.15, 0.2) is 0 Å². The van der Waals surface area contributed by atoms with E-state index in [4.69, 9.17) is 9.57 Å². The van der Waals surface area contributed by atoms with Crippen LogP contribution in [0.1, 0.15) is 0 Å². The Morgan fingerprint density at radius 3 is 2.50 bits per heavy atom. The normalized spacial score (nSPS) is 18.1. The van der Waals surface area contributed by atoms with E-state index in [9.17, 15) is 4.79 Å². The second-order valence-corrected chi connectivity index (χ2v) is 2.77. The van der Waals surface area contributed by atoms with E-state index in [1.165, 1.54) is 5.06 Å². The molecule has 12 heavy (non-hydrogen) atoms. The summed E-state index contributed by atoms with van der Waals surface area (Å²) in [5.41, 5.74) is 0.